The molecule has 0 N–H and O–H groups in total. The predicted octanol–water partition coefficient (Wildman–Crippen LogP) is 5.00. The molecular weight excluding hydrogens is 356 g/mol. The molecule has 0 unspecified atom stereocenters. The Kier molecular flexibility index (Phi) is 5.69. The van der Waals surface area contributed by atoms with Crippen LogP contribution in [0.25, 0.3) is 0 Å². The summed E-state index contributed by atoms with van der Waals surface area (Å²) >= 11 is 8.50. The number of nitrogens with zero attached hydrogens (tertiary/aromatic N) is 2. The molecule has 0 aliphatic carbocycles. The second-order valence-corrected chi connectivity index (χ2v) is 8.27. The first-order chi connectivity index (χ1) is 11.7. The first-order valence-corrected chi connectivity index (χ1v) is 10.2. The molecule has 1 saturated heterocycles. The molecule has 1 aromatic rings. The second-order valence-electron chi connectivity index (χ2n) is 5.53. The minimum absolute atomic E-state index is 0.0406. The Balaban J connectivity index is 1.79. The topological polar surface area (TPSA) is 23.6 Å². The van der Waals surface area contributed by atoms with Crippen molar-refractivity contribution in [3.05, 3.63) is 46.4 Å². The van der Waals surface area contributed by atoms with E-state index < -0.39 is 0 Å². The molecule has 0 saturated carbocycles. The van der Waals surface area contributed by atoms with E-state index in [0.29, 0.717) is 4.32 Å². The van der Waals surface area contributed by atoms with E-state index in [1.54, 1.807) is 16.7 Å². The molecule has 0 bridgehead atoms. The van der Waals surface area contributed by atoms with Crippen LogP contribution < -0.4 is 4.90 Å². The number of benzene rings is 1. The van der Waals surface area contributed by atoms with Crippen molar-refractivity contribution < 1.29 is 4.79 Å². The summed E-state index contributed by atoms with van der Waals surface area (Å²) in [4.78, 5) is 18.5. The summed E-state index contributed by atoms with van der Waals surface area (Å²) in [6, 6.07) is 8.38. The number of hydrogen-bond acceptors (Lipinski definition) is 5. The second kappa shape index (κ2) is 7.76. The molecule has 2 aliphatic heterocycles. The molecule has 3 rings (SSSR count). The quantitative estimate of drug-likeness (QED) is 0.531. The van der Waals surface area contributed by atoms with Crippen molar-refractivity contribution in [1.82, 2.24) is 4.90 Å². The zero-order valence-corrected chi connectivity index (χ0v) is 16.3. The third-order valence-corrected chi connectivity index (χ3v) is 6.47. The third-order valence-electron chi connectivity index (χ3n) is 3.94. The van der Waals surface area contributed by atoms with Gasteiger partial charge in [-0.05, 0) is 37.6 Å². The summed E-state index contributed by atoms with van der Waals surface area (Å²) < 4.78 is 0.674. The third kappa shape index (κ3) is 3.41. The first kappa shape index (κ1) is 17.6. The minimum Gasteiger partial charge on any atom is -0.335 e. The van der Waals surface area contributed by atoms with Gasteiger partial charge in [0.05, 0.1) is 15.6 Å². The number of unbranched alkanes of at least 4 members (excludes halogenated alkanes) is 1. The summed E-state index contributed by atoms with van der Waals surface area (Å²) in [5.41, 5.74) is 1.24. The Bertz CT molecular complexity index is 727. The van der Waals surface area contributed by atoms with E-state index in [4.69, 9.17) is 12.2 Å². The summed E-state index contributed by atoms with van der Waals surface area (Å²) in [7, 11) is 0. The number of anilines is 1. The van der Waals surface area contributed by atoms with Gasteiger partial charge >= 0.3 is 0 Å². The lowest BCUT2D eigenvalue weighted by Crippen LogP contribution is -2.28. The number of thiocarbonyl (C=S) groups is 1. The highest BCUT2D eigenvalue weighted by atomic mass is 32.2. The van der Waals surface area contributed by atoms with Crippen LogP contribution >= 0.6 is 35.7 Å². The Hall–Kier alpha value is -1.24. The SMILES string of the molecule is CCCCN1C(=O)C(=CC=C2Sc3ccccc3N2CC)SC1=S. The minimum atomic E-state index is 0.0406. The number of allylic oxidation sites excluding steroid dienone is 2. The molecule has 126 valence electrons. The zero-order valence-electron chi connectivity index (χ0n) is 13.8. The van der Waals surface area contributed by atoms with Gasteiger partial charge in [-0.1, -0.05) is 61.2 Å². The highest BCUT2D eigenvalue weighted by Crippen LogP contribution is 2.45. The lowest BCUT2D eigenvalue weighted by atomic mass is 10.3. The summed E-state index contributed by atoms with van der Waals surface area (Å²) in [6.07, 6.45) is 6.00. The molecule has 2 aliphatic rings. The number of carbonyl (C=O) groups is 1. The van der Waals surface area contributed by atoms with Crippen LogP contribution in [0.5, 0.6) is 0 Å². The van der Waals surface area contributed by atoms with Gasteiger partial charge in [0.15, 0.2) is 0 Å². The highest BCUT2D eigenvalue weighted by Gasteiger charge is 2.31. The Morgan fingerprint density at radius 2 is 1.92 bits per heavy atom. The molecule has 0 spiro atoms. The molecule has 1 amide bonds. The lowest BCUT2D eigenvalue weighted by molar-refractivity contribution is -0.122. The van der Waals surface area contributed by atoms with Crippen molar-refractivity contribution in [2.45, 2.75) is 31.6 Å². The van der Waals surface area contributed by atoms with E-state index in [0.717, 1.165) is 35.9 Å². The smallest absolute Gasteiger partial charge is 0.266 e. The van der Waals surface area contributed by atoms with Gasteiger partial charge in [0.1, 0.15) is 4.32 Å². The molecule has 0 radical (unpaired) electrons. The van der Waals surface area contributed by atoms with Crippen molar-refractivity contribution in [2.75, 3.05) is 18.0 Å². The maximum atomic E-state index is 12.5. The molecule has 0 atom stereocenters. The monoisotopic (exact) mass is 376 g/mol. The first-order valence-electron chi connectivity index (χ1n) is 8.15. The van der Waals surface area contributed by atoms with Gasteiger partial charge < -0.3 is 4.90 Å². The van der Waals surface area contributed by atoms with Crippen LogP contribution in [0.2, 0.25) is 0 Å². The van der Waals surface area contributed by atoms with Crippen LogP contribution in [0.3, 0.4) is 0 Å². The fraction of sp³-hybridized carbons (Fsp3) is 0.333. The number of fused-ring (bicyclic) bond motifs is 1. The number of hydrogen-bond donors (Lipinski definition) is 0. The van der Waals surface area contributed by atoms with Crippen LogP contribution in [0.4, 0.5) is 5.69 Å². The van der Waals surface area contributed by atoms with E-state index in [-0.39, 0.29) is 5.91 Å². The van der Waals surface area contributed by atoms with Gasteiger partial charge in [0.25, 0.3) is 5.91 Å². The molecule has 1 aromatic carbocycles. The van der Waals surface area contributed by atoms with Gasteiger partial charge in [0, 0.05) is 18.0 Å². The van der Waals surface area contributed by atoms with Crippen molar-refractivity contribution >= 4 is 51.7 Å². The van der Waals surface area contributed by atoms with Crippen molar-refractivity contribution in [1.29, 1.82) is 0 Å². The fourth-order valence-electron chi connectivity index (χ4n) is 2.67. The average Bonchev–Trinajstić information content (AvgIpc) is 3.08. The van der Waals surface area contributed by atoms with E-state index >= 15 is 0 Å². The van der Waals surface area contributed by atoms with Gasteiger partial charge in [0.2, 0.25) is 0 Å². The van der Waals surface area contributed by atoms with Gasteiger partial charge in [-0.15, -0.1) is 0 Å². The number of rotatable bonds is 5. The largest absolute Gasteiger partial charge is 0.335 e. The number of carbonyl (C=O) groups excluding carboxylic acids is 1. The predicted molar refractivity (Wildman–Crippen MR) is 108 cm³/mol. The normalized spacial score (nSPS) is 20.6. The van der Waals surface area contributed by atoms with Crippen molar-refractivity contribution in [3.8, 4) is 0 Å². The Labute approximate surface area is 157 Å². The maximum absolute atomic E-state index is 12.5. The molecular formula is C18H20N2OS3. The number of amides is 1. The standard InChI is InChI=1S/C18H20N2OS3/c1-3-5-12-20-17(21)15(24-18(20)22)10-11-16-19(4-2)13-8-6-7-9-14(13)23-16/h6-11H,3-5,12H2,1-2H3. The molecule has 0 aromatic heterocycles. The van der Waals surface area contributed by atoms with Crippen LogP contribution in [0, 0.1) is 0 Å². The van der Waals surface area contributed by atoms with E-state index in [1.807, 2.05) is 12.2 Å². The zero-order chi connectivity index (χ0) is 17.1. The number of thioether (sulfide) groups is 2. The van der Waals surface area contributed by atoms with Gasteiger partial charge in [-0.25, -0.2) is 0 Å². The lowest BCUT2D eigenvalue weighted by Gasteiger charge is -2.17. The molecule has 2 heterocycles. The Morgan fingerprint density at radius 3 is 2.67 bits per heavy atom. The van der Waals surface area contributed by atoms with Gasteiger partial charge in [-0.2, -0.15) is 0 Å². The highest BCUT2D eigenvalue weighted by molar-refractivity contribution is 8.26. The van der Waals surface area contributed by atoms with Gasteiger partial charge in [-0.3, -0.25) is 9.69 Å². The van der Waals surface area contributed by atoms with E-state index in [2.05, 4.69) is 43.0 Å². The summed E-state index contributed by atoms with van der Waals surface area (Å²) in [6.45, 7) is 5.88. The van der Waals surface area contributed by atoms with E-state index in [1.165, 1.54) is 22.3 Å². The maximum Gasteiger partial charge on any atom is 0.266 e. The van der Waals surface area contributed by atoms with Crippen LogP contribution in [0.15, 0.2) is 51.2 Å². The molecule has 1 fully saturated rings. The van der Waals surface area contributed by atoms with Crippen LogP contribution in [-0.2, 0) is 4.79 Å². The van der Waals surface area contributed by atoms with Crippen molar-refractivity contribution in [3.63, 3.8) is 0 Å². The van der Waals surface area contributed by atoms with Crippen LogP contribution in [-0.4, -0.2) is 28.2 Å². The fourth-order valence-corrected chi connectivity index (χ4v) is 5.05. The summed E-state index contributed by atoms with van der Waals surface area (Å²) in [5.74, 6) is 0.0406. The number of para-hydroxylation sites is 1. The van der Waals surface area contributed by atoms with Crippen molar-refractivity contribution in [2.24, 2.45) is 0 Å². The van der Waals surface area contributed by atoms with Crippen LogP contribution in [0.1, 0.15) is 26.7 Å². The Morgan fingerprint density at radius 1 is 1.12 bits per heavy atom. The van der Waals surface area contributed by atoms with E-state index in [9.17, 15) is 4.79 Å². The molecule has 3 nitrogen and oxygen atoms in total. The average molecular weight is 377 g/mol. The molecule has 24 heavy (non-hydrogen) atoms. The molecule has 6 heteroatoms. The summed E-state index contributed by atoms with van der Waals surface area (Å²) in [5, 5.41) is 1.15.